The van der Waals surface area contributed by atoms with Gasteiger partial charge in [-0.1, -0.05) is 42.5 Å². The Morgan fingerprint density at radius 1 is 0.979 bits per heavy atom. The van der Waals surface area contributed by atoms with Crippen LogP contribution in [0.15, 0.2) is 66.7 Å². The maximum absolute atomic E-state index is 13.6. The first-order valence-corrected chi connectivity index (χ1v) is 15.0. The van der Waals surface area contributed by atoms with Gasteiger partial charge in [0.15, 0.2) is 11.2 Å². The first-order chi connectivity index (χ1) is 22.7. The van der Waals surface area contributed by atoms with Crippen molar-refractivity contribution in [2.24, 2.45) is 5.92 Å². The van der Waals surface area contributed by atoms with Crippen LogP contribution in [0.1, 0.15) is 22.6 Å². The van der Waals surface area contributed by atoms with Crippen LogP contribution in [0.5, 0.6) is 23.0 Å². The minimum atomic E-state index is -2.35. The Morgan fingerprint density at radius 3 is 2.30 bits per heavy atom. The number of carbonyl (C=O) groups excluding carboxylic acids is 1. The van der Waals surface area contributed by atoms with Crippen molar-refractivity contribution >= 4 is 5.97 Å². The molecule has 3 aliphatic rings. The SMILES string of the molecule is COC(=O)[C@H]1[C@@H](O)[C@@]2(O)c3c(OC4OC(C(O)CO)COC4OC)cc(OC)cc3O[C@@]2(c2ccc(OC)cc2)[C@@H]1c1ccccc1. The first kappa shape index (κ1) is 33.0. The minimum Gasteiger partial charge on any atom is -0.497 e. The van der Waals surface area contributed by atoms with Gasteiger partial charge in [0.25, 0.3) is 6.29 Å². The zero-order chi connectivity index (χ0) is 33.5. The Balaban J connectivity index is 1.59. The standard InChI is InChI=1S/C34H38O13/c1-40-20-12-10-19(11-13-20)34-27(18-8-6-5-7-9-18)26(30(38)42-3)29(37)33(34,39)28-23(14-21(41-2)15-24(28)47-34)45-32-31(43-4)44-17-25(46-32)22(36)16-35/h5-15,22,25-27,29,31-32,35-37,39H,16-17H2,1-4H3/t22?,25?,26-,27-,29-,31?,32?,33+,34+/m1/s1. The first-order valence-electron chi connectivity index (χ1n) is 15.0. The van der Waals surface area contributed by atoms with Crippen molar-refractivity contribution in [1.82, 2.24) is 0 Å². The number of hydrogen-bond acceptors (Lipinski definition) is 13. The number of aliphatic hydroxyl groups excluding tert-OH is 3. The van der Waals surface area contributed by atoms with E-state index >= 15 is 0 Å². The molecule has 13 nitrogen and oxygen atoms in total. The molecule has 0 radical (unpaired) electrons. The number of esters is 1. The van der Waals surface area contributed by atoms with Crippen molar-refractivity contribution in [3.63, 3.8) is 0 Å². The molecule has 4 N–H and O–H groups in total. The van der Waals surface area contributed by atoms with Gasteiger partial charge in [0.1, 0.15) is 41.3 Å². The summed E-state index contributed by atoms with van der Waals surface area (Å²) >= 11 is 0. The van der Waals surface area contributed by atoms with Gasteiger partial charge in [0.2, 0.25) is 6.29 Å². The molecule has 0 bridgehead atoms. The van der Waals surface area contributed by atoms with Crippen molar-refractivity contribution in [2.45, 2.75) is 48.0 Å². The summed E-state index contributed by atoms with van der Waals surface area (Å²) in [5.74, 6) is -2.16. The van der Waals surface area contributed by atoms with Crippen molar-refractivity contribution < 1.29 is 63.1 Å². The van der Waals surface area contributed by atoms with E-state index in [2.05, 4.69) is 0 Å². The molecule has 13 heteroatoms. The highest BCUT2D eigenvalue weighted by molar-refractivity contribution is 5.78. The lowest BCUT2D eigenvalue weighted by Gasteiger charge is -2.41. The molecule has 2 aliphatic heterocycles. The van der Waals surface area contributed by atoms with Gasteiger partial charge in [0, 0.05) is 25.2 Å². The Labute approximate surface area is 271 Å². The fourth-order valence-corrected chi connectivity index (χ4v) is 7.08. The largest absolute Gasteiger partial charge is 0.497 e. The lowest BCUT2D eigenvalue weighted by Crippen LogP contribution is -2.53. The lowest BCUT2D eigenvalue weighted by molar-refractivity contribution is -0.324. The molecule has 4 unspecified atom stereocenters. The van der Waals surface area contributed by atoms with Gasteiger partial charge in [-0.25, -0.2) is 0 Å². The van der Waals surface area contributed by atoms with Crippen molar-refractivity contribution in [3.8, 4) is 23.0 Å². The van der Waals surface area contributed by atoms with Gasteiger partial charge in [-0.15, -0.1) is 0 Å². The molecule has 2 heterocycles. The molecule has 3 aromatic rings. The fraction of sp³-hybridized carbons (Fsp3) is 0.441. The van der Waals surface area contributed by atoms with E-state index < -0.39 is 66.5 Å². The number of ether oxygens (including phenoxy) is 8. The van der Waals surface area contributed by atoms with E-state index in [0.29, 0.717) is 16.9 Å². The molecule has 1 aliphatic carbocycles. The fourth-order valence-electron chi connectivity index (χ4n) is 7.08. The lowest BCUT2D eigenvalue weighted by atomic mass is 9.70. The third-order valence-corrected chi connectivity index (χ3v) is 9.26. The van der Waals surface area contributed by atoms with Crippen LogP contribution in [0.25, 0.3) is 0 Å². The summed E-state index contributed by atoms with van der Waals surface area (Å²) in [7, 11) is 5.55. The molecule has 3 aromatic carbocycles. The van der Waals surface area contributed by atoms with Gasteiger partial charge in [-0.05, 0) is 23.3 Å². The van der Waals surface area contributed by atoms with Gasteiger partial charge < -0.3 is 58.3 Å². The second kappa shape index (κ2) is 12.9. The predicted octanol–water partition coefficient (Wildman–Crippen LogP) is 1.57. The average Bonchev–Trinajstić information content (AvgIpc) is 3.49. The van der Waals surface area contributed by atoms with E-state index in [1.54, 1.807) is 54.6 Å². The molecule has 0 amide bonds. The molecule has 1 saturated heterocycles. The Bertz CT molecular complexity index is 1570. The van der Waals surface area contributed by atoms with E-state index in [4.69, 9.17) is 37.9 Å². The normalized spacial score (nSPS) is 31.7. The topological polar surface area (TPSA) is 172 Å². The van der Waals surface area contributed by atoms with Gasteiger partial charge in [-0.3, -0.25) is 4.79 Å². The van der Waals surface area contributed by atoms with E-state index in [9.17, 15) is 25.2 Å². The number of aliphatic hydroxyl groups is 4. The van der Waals surface area contributed by atoms with Gasteiger partial charge >= 0.3 is 5.97 Å². The summed E-state index contributed by atoms with van der Waals surface area (Å²) in [6.45, 7) is -0.685. The van der Waals surface area contributed by atoms with Crippen molar-refractivity contribution in [3.05, 3.63) is 83.4 Å². The molecular formula is C34H38O13. The maximum atomic E-state index is 13.6. The highest BCUT2D eigenvalue weighted by Crippen LogP contribution is 2.70. The van der Waals surface area contributed by atoms with Crippen molar-refractivity contribution in [1.29, 1.82) is 0 Å². The predicted molar refractivity (Wildman–Crippen MR) is 162 cm³/mol. The maximum Gasteiger partial charge on any atom is 0.312 e. The van der Waals surface area contributed by atoms with Crippen LogP contribution in [0.2, 0.25) is 0 Å². The highest BCUT2D eigenvalue weighted by Gasteiger charge is 2.78. The van der Waals surface area contributed by atoms with Crippen molar-refractivity contribution in [2.75, 3.05) is 41.7 Å². The molecule has 6 rings (SSSR count). The van der Waals surface area contributed by atoms with Crippen LogP contribution >= 0.6 is 0 Å². The van der Waals surface area contributed by atoms with E-state index in [1.807, 2.05) is 6.07 Å². The average molecular weight is 655 g/mol. The Morgan fingerprint density at radius 2 is 1.68 bits per heavy atom. The van der Waals surface area contributed by atoms with Gasteiger partial charge in [0.05, 0.1) is 46.0 Å². The molecular weight excluding hydrogens is 616 g/mol. The number of benzene rings is 3. The Kier molecular flexibility index (Phi) is 9.06. The third-order valence-electron chi connectivity index (χ3n) is 9.26. The highest BCUT2D eigenvalue weighted by atomic mass is 16.8. The second-order valence-electron chi connectivity index (χ2n) is 11.6. The molecule has 252 valence electrons. The molecule has 1 saturated carbocycles. The number of carbonyl (C=O) groups is 1. The van der Waals surface area contributed by atoms with Crippen LogP contribution < -0.4 is 18.9 Å². The molecule has 9 atom stereocenters. The number of fused-ring (bicyclic) bond motifs is 3. The monoisotopic (exact) mass is 654 g/mol. The van der Waals surface area contributed by atoms with Crippen LogP contribution in [-0.2, 0) is 34.9 Å². The van der Waals surface area contributed by atoms with Gasteiger partial charge in [-0.2, -0.15) is 0 Å². The Hall–Kier alpha value is -3.95. The third kappa shape index (κ3) is 5.10. The molecule has 47 heavy (non-hydrogen) atoms. The number of rotatable bonds is 10. The molecule has 0 spiro atoms. The summed E-state index contributed by atoms with van der Waals surface area (Å²) in [4.78, 5) is 13.6. The van der Waals surface area contributed by atoms with Crippen LogP contribution in [0.4, 0.5) is 0 Å². The summed E-state index contributed by atoms with van der Waals surface area (Å²) in [5.41, 5.74) is -3.14. The molecule has 0 aromatic heterocycles. The summed E-state index contributed by atoms with van der Waals surface area (Å²) < 4.78 is 46.5. The zero-order valence-electron chi connectivity index (χ0n) is 26.3. The van der Waals surface area contributed by atoms with Crippen LogP contribution in [0, 0.1) is 5.92 Å². The summed E-state index contributed by atoms with van der Waals surface area (Å²) in [6.07, 6.45) is -6.46. The van der Waals surface area contributed by atoms with E-state index in [0.717, 1.165) is 0 Å². The quantitative estimate of drug-likeness (QED) is 0.233. The number of hydrogen-bond donors (Lipinski definition) is 4. The molecule has 2 fully saturated rings. The van der Waals surface area contributed by atoms with Crippen LogP contribution in [-0.4, -0.2) is 98.9 Å². The van der Waals surface area contributed by atoms with E-state index in [-0.39, 0.29) is 29.4 Å². The second-order valence-corrected chi connectivity index (χ2v) is 11.6. The number of methoxy groups -OCH3 is 4. The summed E-state index contributed by atoms with van der Waals surface area (Å²) in [6, 6.07) is 18.8. The van der Waals surface area contributed by atoms with Crippen LogP contribution in [0.3, 0.4) is 0 Å². The minimum absolute atomic E-state index is 0.0113. The summed E-state index contributed by atoms with van der Waals surface area (Å²) in [5, 5.41) is 45.2. The zero-order valence-corrected chi connectivity index (χ0v) is 26.3. The smallest absolute Gasteiger partial charge is 0.312 e. The van der Waals surface area contributed by atoms with E-state index in [1.165, 1.54) is 34.5 Å².